The van der Waals surface area contributed by atoms with E-state index in [9.17, 15) is 13.2 Å². The minimum atomic E-state index is -3.43. The van der Waals surface area contributed by atoms with Crippen molar-refractivity contribution in [3.63, 3.8) is 0 Å². The maximum Gasteiger partial charge on any atom is 0.281 e. The van der Waals surface area contributed by atoms with Crippen LogP contribution in [0.3, 0.4) is 0 Å². The summed E-state index contributed by atoms with van der Waals surface area (Å²) in [6, 6.07) is 9.44. The summed E-state index contributed by atoms with van der Waals surface area (Å²) in [7, 11) is -0.431. The normalized spacial score (nSPS) is 16.0. The zero-order valence-corrected chi connectivity index (χ0v) is 16.2. The van der Waals surface area contributed by atoms with E-state index in [0.29, 0.717) is 44.4 Å². The lowest BCUT2D eigenvalue weighted by Crippen LogP contribution is -2.53. The molecule has 146 valence electrons. The fourth-order valence-corrected chi connectivity index (χ4v) is 3.91. The lowest BCUT2D eigenvalue weighted by molar-refractivity contribution is -0.132. The van der Waals surface area contributed by atoms with E-state index in [1.54, 1.807) is 4.90 Å². The van der Waals surface area contributed by atoms with E-state index in [-0.39, 0.29) is 12.3 Å². The Labute approximate surface area is 158 Å². The van der Waals surface area contributed by atoms with Crippen LogP contribution >= 0.6 is 0 Å². The van der Waals surface area contributed by atoms with E-state index in [1.807, 2.05) is 30.3 Å². The molecule has 1 saturated heterocycles. The van der Waals surface area contributed by atoms with Gasteiger partial charge in [-0.2, -0.15) is 17.0 Å². The third kappa shape index (κ3) is 4.52. The van der Waals surface area contributed by atoms with Crippen molar-refractivity contribution >= 4 is 16.1 Å². The first-order valence-corrected chi connectivity index (χ1v) is 10.1. The largest absolute Gasteiger partial charge is 0.421 e. The van der Waals surface area contributed by atoms with E-state index in [1.165, 1.54) is 22.7 Å². The quantitative estimate of drug-likeness (QED) is 0.713. The minimum absolute atomic E-state index is 0.0450. The van der Waals surface area contributed by atoms with Gasteiger partial charge in [0, 0.05) is 58.7 Å². The monoisotopic (exact) mass is 393 g/mol. The summed E-state index contributed by atoms with van der Waals surface area (Å²) in [5.74, 6) is 0.799. The van der Waals surface area contributed by atoms with Crippen molar-refractivity contribution in [3.8, 4) is 11.5 Å². The molecule has 1 amide bonds. The van der Waals surface area contributed by atoms with Gasteiger partial charge in [-0.25, -0.2) is 0 Å². The molecule has 0 saturated carbocycles. The van der Waals surface area contributed by atoms with Crippen LogP contribution < -0.4 is 0 Å². The van der Waals surface area contributed by atoms with Gasteiger partial charge in [0.05, 0.1) is 0 Å². The number of piperazine rings is 1. The molecule has 0 unspecified atom stereocenters. The van der Waals surface area contributed by atoms with E-state index < -0.39 is 10.2 Å². The second kappa shape index (κ2) is 8.15. The molecule has 1 aliphatic rings. The number of aromatic nitrogens is 2. The van der Waals surface area contributed by atoms with Crippen molar-refractivity contribution in [1.82, 2.24) is 23.7 Å². The molecule has 0 aliphatic carbocycles. The van der Waals surface area contributed by atoms with Crippen LogP contribution in [0.2, 0.25) is 0 Å². The van der Waals surface area contributed by atoms with Crippen LogP contribution in [-0.4, -0.2) is 78.3 Å². The number of benzene rings is 1. The Bertz CT molecular complexity index is 874. The van der Waals surface area contributed by atoms with E-state index in [0.717, 1.165) is 5.56 Å². The average molecular weight is 393 g/mol. The van der Waals surface area contributed by atoms with Crippen molar-refractivity contribution in [2.45, 2.75) is 12.8 Å². The van der Waals surface area contributed by atoms with Gasteiger partial charge in [0.25, 0.3) is 10.2 Å². The molecule has 0 atom stereocenters. The first kappa shape index (κ1) is 19.5. The highest BCUT2D eigenvalue weighted by atomic mass is 32.2. The predicted octanol–water partition coefficient (Wildman–Crippen LogP) is 0.620. The molecular formula is C17H23N5O4S. The van der Waals surface area contributed by atoms with Crippen LogP contribution in [0.1, 0.15) is 12.3 Å². The molecule has 3 rings (SSSR count). The number of hydrogen-bond acceptors (Lipinski definition) is 6. The van der Waals surface area contributed by atoms with Gasteiger partial charge in [-0.1, -0.05) is 18.2 Å². The summed E-state index contributed by atoms with van der Waals surface area (Å²) < 4.78 is 32.4. The van der Waals surface area contributed by atoms with Crippen LogP contribution in [0.25, 0.3) is 11.5 Å². The number of hydrogen-bond donors (Lipinski definition) is 0. The molecule has 2 heterocycles. The topological polar surface area (TPSA) is 99.9 Å². The standard InChI is InChI=1S/C17H23N5O4S/c1-20(2)27(24,25)22-12-10-21(11-13-22)16(23)9-8-15-18-19-17(26-15)14-6-4-3-5-7-14/h3-7H,8-13H2,1-2H3. The molecule has 0 N–H and O–H groups in total. The van der Waals surface area contributed by atoms with E-state index in [2.05, 4.69) is 10.2 Å². The van der Waals surface area contributed by atoms with Crippen LogP contribution in [0.4, 0.5) is 0 Å². The highest BCUT2D eigenvalue weighted by Gasteiger charge is 2.30. The lowest BCUT2D eigenvalue weighted by atomic mass is 10.2. The summed E-state index contributed by atoms with van der Waals surface area (Å²) in [6.45, 7) is 1.35. The maximum absolute atomic E-state index is 12.4. The van der Waals surface area contributed by atoms with Gasteiger partial charge in [-0.05, 0) is 12.1 Å². The number of carbonyl (C=O) groups excluding carboxylic acids is 1. The SMILES string of the molecule is CN(C)S(=O)(=O)N1CCN(C(=O)CCc2nnc(-c3ccccc3)o2)CC1. The highest BCUT2D eigenvalue weighted by Crippen LogP contribution is 2.18. The first-order chi connectivity index (χ1) is 12.9. The number of rotatable bonds is 6. The van der Waals surface area contributed by atoms with E-state index in [4.69, 9.17) is 4.42 Å². The third-order valence-corrected chi connectivity index (χ3v) is 6.36. The Morgan fingerprint density at radius 3 is 2.41 bits per heavy atom. The minimum Gasteiger partial charge on any atom is -0.421 e. The summed E-state index contributed by atoms with van der Waals surface area (Å²) in [6.07, 6.45) is 0.603. The highest BCUT2D eigenvalue weighted by molar-refractivity contribution is 7.86. The summed E-state index contributed by atoms with van der Waals surface area (Å²) in [5.41, 5.74) is 0.834. The van der Waals surface area contributed by atoms with Gasteiger partial charge < -0.3 is 9.32 Å². The van der Waals surface area contributed by atoms with Crippen molar-refractivity contribution in [2.75, 3.05) is 40.3 Å². The van der Waals surface area contributed by atoms with Crippen molar-refractivity contribution in [3.05, 3.63) is 36.2 Å². The molecule has 0 radical (unpaired) electrons. The molecule has 27 heavy (non-hydrogen) atoms. The number of aryl methyl sites for hydroxylation is 1. The number of nitrogens with zero attached hydrogens (tertiary/aromatic N) is 5. The Balaban J connectivity index is 1.50. The number of carbonyl (C=O) groups is 1. The van der Waals surface area contributed by atoms with Gasteiger partial charge >= 0.3 is 0 Å². The van der Waals surface area contributed by atoms with Crippen LogP contribution in [0, 0.1) is 0 Å². The first-order valence-electron chi connectivity index (χ1n) is 8.71. The van der Waals surface area contributed by atoms with Crippen molar-refractivity contribution in [2.24, 2.45) is 0 Å². The Hall–Kier alpha value is -2.30. The van der Waals surface area contributed by atoms with E-state index >= 15 is 0 Å². The summed E-state index contributed by atoms with van der Waals surface area (Å²) in [4.78, 5) is 14.1. The Morgan fingerprint density at radius 1 is 1.11 bits per heavy atom. The smallest absolute Gasteiger partial charge is 0.281 e. The van der Waals surface area contributed by atoms with Crippen LogP contribution in [0.5, 0.6) is 0 Å². The Kier molecular flexibility index (Phi) is 5.88. The van der Waals surface area contributed by atoms with Crippen LogP contribution in [-0.2, 0) is 21.4 Å². The number of amides is 1. The molecule has 2 aromatic rings. The molecule has 10 heteroatoms. The molecule has 0 bridgehead atoms. The van der Waals surface area contributed by atoms with Crippen molar-refractivity contribution < 1.29 is 17.6 Å². The molecule has 1 aromatic carbocycles. The molecule has 1 aromatic heterocycles. The molecule has 0 spiro atoms. The van der Waals surface area contributed by atoms with Crippen LogP contribution in [0.15, 0.2) is 34.7 Å². The molecular weight excluding hydrogens is 370 g/mol. The van der Waals surface area contributed by atoms with Gasteiger partial charge in [0.1, 0.15) is 0 Å². The lowest BCUT2D eigenvalue weighted by Gasteiger charge is -2.35. The third-order valence-electron chi connectivity index (χ3n) is 4.42. The zero-order valence-electron chi connectivity index (χ0n) is 15.4. The maximum atomic E-state index is 12.4. The second-order valence-electron chi connectivity index (χ2n) is 6.44. The predicted molar refractivity (Wildman–Crippen MR) is 98.8 cm³/mol. The molecule has 1 aliphatic heterocycles. The van der Waals surface area contributed by atoms with Gasteiger partial charge in [-0.15, -0.1) is 10.2 Å². The average Bonchev–Trinajstić information content (AvgIpc) is 3.16. The van der Waals surface area contributed by atoms with Crippen molar-refractivity contribution in [1.29, 1.82) is 0 Å². The fourth-order valence-electron chi connectivity index (χ4n) is 2.82. The summed E-state index contributed by atoms with van der Waals surface area (Å²) >= 11 is 0. The summed E-state index contributed by atoms with van der Waals surface area (Å²) in [5, 5.41) is 8.00. The fraction of sp³-hybridized carbons (Fsp3) is 0.471. The second-order valence-corrected chi connectivity index (χ2v) is 8.58. The van der Waals surface area contributed by atoms with Gasteiger partial charge in [0.2, 0.25) is 17.7 Å². The van der Waals surface area contributed by atoms with Gasteiger partial charge in [0.15, 0.2) is 0 Å². The molecule has 1 fully saturated rings. The Morgan fingerprint density at radius 2 is 1.78 bits per heavy atom. The zero-order chi connectivity index (χ0) is 19.4. The molecule has 9 nitrogen and oxygen atoms in total. The van der Waals surface area contributed by atoms with Gasteiger partial charge in [-0.3, -0.25) is 4.79 Å².